The second-order valence-corrected chi connectivity index (χ2v) is 14.9. The lowest BCUT2D eigenvalue weighted by atomic mass is 10.1. The predicted molar refractivity (Wildman–Crippen MR) is 234 cm³/mol. The Kier molecular flexibility index (Phi) is 33.4. The summed E-state index contributed by atoms with van der Waals surface area (Å²) in [6.07, 6.45) is 7.55. The van der Waals surface area contributed by atoms with Crippen LogP contribution in [0, 0.1) is 0 Å². The number of carboxylic acids is 3. The molecule has 0 heterocycles. The number of aromatic carboxylic acids is 1. The maximum atomic E-state index is 12.3. The highest BCUT2D eigenvalue weighted by Crippen LogP contribution is 2.14. The molecule has 362 valence electrons. The van der Waals surface area contributed by atoms with E-state index in [1.165, 1.54) is 12.1 Å². The minimum absolute atomic E-state index is 0.0649. The number of aliphatic carboxylic acids is 2. The highest BCUT2D eigenvalue weighted by molar-refractivity contribution is 9.09. The summed E-state index contributed by atoms with van der Waals surface area (Å²) in [5.41, 5.74) is 0.209. The van der Waals surface area contributed by atoms with E-state index in [1.807, 2.05) is 0 Å². The first-order valence-corrected chi connectivity index (χ1v) is 22.6. The molecule has 1 aromatic carbocycles. The SMILES string of the molecule is O=C(CBr)NCCCC[C@H](NC(=O)COCCOCCNC(=O)COCCOCCNC(=O)CC[C@H](NC(=O)CCCCCCCCCOc1ccc(C(=O)O)cc1)C(=O)O)C(=O)O. The number of hydrogen-bond donors (Lipinski definition) is 8. The van der Waals surface area contributed by atoms with Crippen molar-refractivity contribution < 1.29 is 77.4 Å². The Morgan fingerprint density at radius 3 is 1.59 bits per heavy atom. The molecule has 1 rings (SSSR count). The number of carbonyl (C=O) groups is 8. The van der Waals surface area contributed by atoms with Crippen LogP contribution in [-0.2, 0) is 52.5 Å². The third kappa shape index (κ3) is 31.9. The van der Waals surface area contributed by atoms with Gasteiger partial charge in [-0.05, 0) is 62.8 Å². The number of carbonyl (C=O) groups excluding carboxylic acids is 5. The summed E-state index contributed by atoms with van der Waals surface area (Å²) in [6.45, 7) is 1.63. The summed E-state index contributed by atoms with van der Waals surface area (Å²) in [5.74, 6) is -4.62. The summed E-state index contributed by atoms with van der Waals surface area (Å²) < 4.78 is 26.8. The molecule has 0 saturated carbocycles. The minimum atomic E-state index is -1.22. The molecule has 8 N–H and O–H groups in total. The van der Waals surface area contributed by atoms with Crippen LogP contribution in [0.5, 0.6) is 5.75 Å². The van der Waals surface area contributed by atoms with E-state index in [-0.39, 0.29) is 126 Å². The van der Waals surface area contributed by atoms with Crippen LogP contribution >= 0.6 is 15.9 Å². The molecule has 0 bridgehead atoms. The Hall–Kier alpha value is -4.90. The Balaban J connectivity index is 1.97. The van der Waals surface area contributed by atoms with Crippen LogP contribution < -0.4 is 31.3 Å². The third-order valence-corrected chi connectivity index (χ3v) is 9.56. The van der Waals surface area contributed by atoms with Crippen molar-refractivity contribution in [3.05, 3.63) is 29.8 Å². The van der Waals surface area contributed by atoms with Crippen molar-refractivity contribution in [2.75, 3.05) is 84.4 Å². The maximum Gasteiger partial charge on any atom is 0.335 e. The Labute approximate surface area is 381 Å². The molecular weight excluding hydrogens is 910 g/mol. The van der Waals surface area contributed by atoms with E-state index in [9.17, 15) is 48.6 Å². The highest BCUT2D eigenvalue weighted by Gasteiger charge is 2.21. The van der Waals surface area contributed by atoms with Crippen molar-refractivity contribution in [2.45, 2.75) is 95.6 Å². The second-order valence-electron chi connectivity index (χ2n) is 14.4. The van der Waals surface area contributed by atoms with Crippen LogP contribution in [0.15, 0.2) is 24.3 Å². The minimum Gasteiger partial charge on any atom is -0.494 e. The number of nitrogens with one attached hydrogen (secondary N) is 5. The molecule has 0 radical (unpaired) electrons. The molecule has 64 heavy (non-hydrogen) atoms. The van der Waals surface area contributed by atoms with Gasteiger partial charge in [-0.25, -0.2) is 14.4 Å². The van der Waals surface area contributed by atoms with Crippen LogP contribution in [0.4, 0.5) is 0 Å². The fourth-order valence-corrected chi connectivity index (χ4v) is 5.83. The van der Waals surface area contributed by atoms with Crippen molar-refractivity contribution in [3.63, 3.8) is 0 Å². The highest BCUT2D eigenvalue weighted by atomic mass is 79.9. The van der Waals surface area contributed by atoms with Gasteiger partial charge in [0.05, 0.1) is 57.1 Å². The van der Waals surface area contributed by atoms with E-state index >= 15 is 0 Å². The van der Waals surface area contributed by atoms with E-state index in [2.05, 4.69) is 42.5 Å². The van der Waals surface area contributed by atoms with Gasteiger partial charge in [-0.15, -0.1) is 0 Å². The average Bonchev–Trinajstić information content (AvgIpc) is 3.26. The lowest BCUT2D eigenvalue weighted by Crippen LogP contribution is -2.42. The Morgan fingerprint density at radius 1 is 0.484 bits per heavy atom. The van der Waals surface area contributed by atoms with Crippen LogP contribution in [0.2, 0.25) is 0 Å². The first-order valence-electron chi connectivity index (χ1n) is 21.5. The van der Waals surface area contributed by atoms with Gasteiger partial charge < -0.3 is 65.6 Å². The van der Waals surface area contributed by atoms with Gasteiger partial charge in [0, 0.05) is 32.5 Å². The summed E-state index contributed by atoms with van der Waals surface area (Å²) in [7, 11) is 0. The Bertz CT molecular complexity index is 1540. The van der Waals surface area contributed by atoms with E-state index in [0.717, 1.165) is 38.5 Å². The summed E-state index contributed by atoms with van der Waals surface area (Å²) in [6, 6.07) is 4.02. The number of carboxylic acid groups (broad SMARTS) is 3. The van der Waals surface area contributed by atoms with Crippen molar-refractivity contribution in [3.8, 4) is 5.75 Å². The van der Waals surface area contributed by atoms with Gasteiger partial charge in [-0.3, -0.25) is 24.0 Å². The number of halogens is 1. The molecule has 0 aliphatic rings. The molecule has 0 unspecified atom stereocenters. The molecular formula is C42H66BrN5O16. The largest absolute Gasteiger partial charge is 0.494 e. The van der Waals surface area contributed by atoms with Gasteiger partial charge in [0.25, 0.3) is 0 Å². The second kappa shape index (κ2) is 37.5. The van der Waals surface area contributed by atoms with E-state index in [1.54, 1.807) is 12.1 Å². The monoisotopic (exact) mass is 975 g/mol. The molecule has 0 aliphatic carbocycles. The lowest BCUT2D eigenvalue weighted by molar-refractivity contribution is -0.143. The zero-order valence-electron chi connectivity index (χ0n) is 36.4. The van der Waals surface area contributed by atoms with E-state index < -0.39 is 35.9 Å². The number of rotatable bonds is 41. The fraction of sp³-hybridized carbons (Fsp3) is 0.667. The molecule has 21 nitrogen and oxygen atoms in total. The standard InChI is InChI=1S/C42H66BrN5O16/c43-28-37(51)44-18-8-7-10-33(41(56)57)48-39(53)30-63-27-25-61-23-20-46-38(52)29-62-26-24-60-22-19-45-35(49)17-16-34(42(58)59)47-36(50)11-6-4-2-1-3-5-9-21-64-32-14-12-31(13-15-32)40(54)55/h12-15,33-34H,1-11,16-30H2,(H,44,51)(H,45,49)(H,46,52)(H,47,50)(H,48,53)(H,54,55)(H,56,57)(H,58,59)/t33-,34-/m0/s1. The smallest absolute Gasteiger partial charge is 0.335 e. The first kappa shape index (κ1) is 57.1. The molecule has 0 aromatic heterocycles. The number of unbranched alkanes of at least 4 members (excludes halogenated alkanes) is 7. The van der Waals surface area contributed by atoms with Gasteiger partial charge in [0.1, 0.15) is 31.0 Å². The maximum absolute atomic E-state index is 12.3. The van der Waals surface area contributed by atoms with Crippen molar-refractivity contribution in [1.82, 2.24) is 26.6 Å². The molecule has 22 heteroatoms. The van der Waals surface area contributed by atoms with E-state index in [0.29, 0.717) is 38.2 Å². The Morgan fingerprint density at radius 2 is 1.00 bits per heavy atom. The molecule has 0 spiro atoms. The molecule has 0 aliphatic heterocycles. The third-order valence-electron chi connectivity index (χ3n) is 9.06. The van der Waals surface area contributed by atoms with Gasteiger partial charge in [0.2, 0.25) is 29.5 Å². The molecule has 0 fully saturated rings. The van der Waals surface area contributed by atoms with Gasteiger partial charge in [-0.1, -0.05) is 48.0 Å². The zero-order chi connectivity index (χ0) is 47.2. The van der Waals surface area contributed by atoms with Crippen molar-refractivity contribution in [2.24, 2.45) is 0 Å². The van der Waals surface area contributed by atoms with Gasteiger partial charge >= 0.3 is 17.9 Å². The predicted octanol–water partition coefficient (Wildman–Crippen LogP) is 1.78. The quantitative estimate of drug-likeness (QED) is 0.0343. The number of amides is 5. The number of ether oxygens (including phenoxy) is 5. The average molecular weight is 977 g/mol. The van der Waals surface area contributed by atoms with Crippen molar-refractivity contribution in [1.29, 1.82) is 0 Å². The first-order chi connectivity index (χ1) is 30.8. The molecule has 0 saturated heterocycles. The van der Waals surface area contributed by atoms with Crippen LogP contribution in [0.25, 0.3) is 0 Å². The molecule has 5 amide bonds. The lowest BCUT2D eigenvalue weighted by Gasteiger charge is -2.14. The number of hydrogen-bond acceptors (Lipinski definition) is 13. The number of alkyl halides is 1. The molecule has 1 aromatic rings. The van der Waals surface area contributed by atoms with E-state index in [4.69, 9.17) is 28.8 Å². The van der Waals surface area contributed by atoms with Crippen LogP contribution in [-0.4, -0.2) is 159 Å². The summed E-state index contributed by atoms with van der Waals surface area (Å²) in [4.78, 5) is 93.7. The van der Waals surface area contributed by atoms with Crippen LogP contribution in [0.1, 0.15) is 93.8 Å². The zero-order valence-corrected chi connectivity index (χ0v) is 38.0. The summed E-state index contributed by atoms with van der Waals surface area (Å²) >= 11 is 3.03. The fourth-order valence-electron chi connectivity index (χ4n) is 5.63. The summed E-state index contributed by atoms with van der Waals surface area (Å²) in [5, 5.41) is 40.8. The van der Waals surface area contributed by atoms with Gasteiger partial charge in [-0.2, -0.15) is 0 Å². The number of benzene rings is 1. The van der Waals surface area contributed by atoms with Crippen LogP contribution in [0.3, 0.4) is 0 Å². The normalized spacial score (nSPS) is 11.8. The van der Waals surface area contributed by atoms with Crippen molar-refractivity contribution >= 4 is 63.4 Å². The molecule has 2 atom stereocenters. The van der Waals surface area contributed by atoms with Gasteiger partial charge in [0.15, 0.2) is 0 Å². The topological polar surface area (TPSA) is 304 Å².